The Morgan fingerprint density at radius 2 is 2.10 bits per heavy atom. The Morgan fingerprint density at radius 3 is 2.65 bits per heavy atom. The van der Waals surface area contributed by atoms with E-state index in [-0.39, 0.29) is 13.2 Å². The summed E-state index contributed by atoms with van der Waals surface area (Å²) >= 11 is 0. The lowest BCUT2D eigenvalue weighted by molar-refractivity contribution is -0.137. The summed E-state index contributed by atoms with van der Waals surface area (Å²) < 4.78 is 55.4. The second kappa shape index (κ2) is 6.67. The molecule has 2 N–H and O–H groups in total. The molecule has 1 amide bonds. The number of alkyl halides is 3. The van der Waals surface area contributed by atoms with Gasteiger partial charge in [-0.05, 0) is 18.2 Å². The summed E-state index contributed by atoms with van der Waals surface area (Å²) in [6.07, 6.45) is -5.70. The highest BCUT2D eigenvalue weighted by Gasteiger charge is 2.31. The number of methoxy groups -OCH3 is 1. The molecule has 0 aliphatic carbocycles. The summed E-state index contributed by atoms with van der Waals surface area (Å²) in [6, 6.07) is 1.54. The smallest absolute Gasteiger partial charge is 0.389 e. The summed E-state index contributed by atoms with van der Waals surface area (Å²) in [4.78, 5) is 11.6. The van der Waals surface area contributed by atoms with E-state index in [1.807, 2.05) is 0 Å². The van der Waals surface area contributed by atoms with E-state index < -0.39 is 35.1 Å². The van der Waals surface area contributed by atoms with Crippen molar-refractivity contribution in [1.82, 2.24) is 5.32 Å². The SMILES string of the molecule is COCC(O)CNC(=O)c1cc(C(F)(F)F)ccc1F. The molecule has 0 heterocycles. The molecule has 0 bridgehead atoms. The first-order valence-electron chi connectivity index (χ1n) is 5.57. The zero-order valence-electron chi connectivity index (χ0n) is 10.5. The number of aliphatic hydroxyl groups is 1. The summed E-state index contributed by atoms with van der Waals surface area (Å²) in [7, 11) is 1.33. The van der Waals surface area contributed by atoms with Gasteiger partial charge in [0.25, 0.3) is 5.91 Å². The standard InChI is InChI=1S/C12H13F4NO3/c1-20-6-8(18)5-17-11(19)9-4-7(12(14,15)16)2-3-10(9)13/h2-4,8,18H,5-6H2,1H3,(H,17,19). The average Bonchev–Trinajstić information content (AvgIpc) is 2.35. The molecule has 112 valence electrons. The largest absolute Gasteiger partial charge is 0.416 e. The van der Waals surface area contributed by atoms with Gasteiger partial charge in [0, 0.05) is 13.7 Å². The molecule has 0 saturated carbocycles. The van der Waals surface area contributed by atoms with Crippen LogP contribution in [0.3, 0.4) is 0 Å². The first kappa shape index (κ1) is 16.4. The zero-order chi connectivity index (χ0) is 15.3. The lowest BCUT2D eigenvalue weighted by Gasteiger charge is -2.12. The van der Waals surface area contributed by atoms with Crippen molar-refractivity contribution in [3.63, 3.8) is 0 Å². The summed E-state index contributed by atoms with van der Waals surface area (Å²) in [5, 5.41) is 11.4. The molecule has 4 nitrogen and oxygen atoms in total. The van der Waals surface area contributed by atoms with E-state index in [0.717, 1.165) is 0 Å². The van der Waals surface area contributed by atoms with Crippen LogP contribution in [0.4, 0.5) is 17.6 Å². The van der Waals surface area contributed by atoms with Gasteiger partial charge < -0.3 is 15.2 Å². The van der Waals surface area contributed by atoms with Gasteiger partial charge in [-0.2, -0.15) is 13.2 Å². The van der Waals surface area contributed by atoms with Crippen molar-refractivity contribution in [3.05, 3.63) is 35.1 Å². The number of benzene rings is 1. The summed E-state index contributed by atoms with van der Waals surface area (Å²) in [5.41, 5.74) is -1.86. The van der Waals surface area contributed by atoms with Gasteiger partial charge >= 0.3 is 6.18 Å². The molecular weight excluding hydrogens is 282 g/mol. The Hall–Kier alpha value is -1.67. The Labute approximate surface area is 112 Å². The van der Waals surface area contributed by atoms with Crippen LogP contribution in [0.25, 0.3) is 0 Å². The van der Waals surface area contributed by atoms with E-state index in [1.165, 1.54) is 7.11 Å². The lowest BCUT2D eigenvalue weighted by atomic mass is 10.1. The molecule has 0 spiro atoms. The van der Waals surface area contributed by atoms with Gasteiger partial charge in [0.15, 0.2) is 0 Å². The molecule has 1 aromatic carbocycles. The quantitative estimate of drug-likeness (QED) is 0.811. The summed E-state index contributed by atoms with van der Waals surface area (Å²) in [6.45, 7) is -0.326. The van der Waals surface area contributed by atoms with E-state index in [9.17, 15) is 27.5 Å². The molecule has 0 fully saturated rings. The van der Waals surface area contributed by atoms with Crippen LogP contribution in [0.5, 0.6) is 0 Å². The number of halogens is 4. The maximum Gasteiger partial charge on any atom is 0.416 e. The maximum atomic E-state index is 13.4. The van der Waals surface area contributed by atoms with Crippen molar-refractivity contribution in [2.24, 2.45) is 0 Å². The van der Waals surface area contributed by atoms with Crippen LogP contribution >= 0.6 is 0 Å². The highest BCUT2D eigenvalue weighted by Crippen LogP contribution is 2.30. The third-order valence-electron chi connectivity index (χ3n) is 2.40. The summed E-state index contributed by atoms with van der Waals surface area (Å²) in [5.74, 6) is -2.11. The molecule has 1 unspecified atom stereocenters. The minimum absolute atomic E-state index is 0.0641. The van der Waals surface area contributed by atoms with Gasteiger partial charge in [-0.3, -0.25) is 4.79 Å². The number of nitrogens with one attached hydrogen (secondary N) is 1. The van der Waals surface area contributed by atoms with Gasteiger partial charge in [-0.25, -0.2) is 4.39 Å². The first-order valence-corrected chi connectivity index (χ1v) is 5.57. The Balaban J connectivity index is 2.82. The van der Waals surface area contributed by atoms with E-state index >= 15 is 0 Å². The molecule has 1 aromatic rings. The molecule has 0 aromatic heterocycles. The average molecular weight is 295 g/mol. The maximum absolute atomic E-state index is 13.4. The van der Waals surface area contributed by atoms with Crippen LogP contribution in [-0.4, -0.2) is 37.4 Å². The minimum Gasteiger partial charge on any atom is -0.389 e. The van der Waals surface area contributed by atoms with Gasteiger partial charge in [0.2, 0.25) is 0 Å². The molecule has 1 rings (SSSR count). The monoisotopic (exact) mass is 295 g/mol. The number of ether oxygens (including phenoxy) is 1. The number of hydrogen-bond donors (Lipinski definition) is 2. The predicted molar refractivity (Wildman–Crippen MR) is 61.6 cm³/mol. The van der Waals surface area contributed by atoms with Crippen molar-refractivity contribution in [1.29, 1.82) is 0 Å². The lowest BCUT2D eigenvalue weighted by Crippen LogP contribution is -2.34. The normalized spacial score (nSPS) is 13.1. The predicted octanol–water partition coefficient (Wildman–Crippen LogP) is 1.58. The fourth-order valence-electron chi connectivity index (χ4n) is 1.43. The van der Waals surface area contributed by atoms with Crippen molar-refractivity contribution >= 4 is 5.91 Å². The molecular formula is C12H13F4NO3. The second-order valence-electron chi connectivity index (χ2n) is 4.01. The van der Waals surface area contributed by atoms with Crippen LogP contribution in [0.2, 0.25) is 0 Å². The molecule has 8 heteroatoms. The third kappa shape index (κ3) is 4.46. The highest BCUT2D eigenvalue weighted by atomic mass is 19.4. The number of carbonyl (C=O) groups excluding carboxylic acids is 1. The Morgan fingerprint density at radius 1 is 1.45 bits per heavy atom. The van der Waals surface area contributed by atoms with Crippen molar-refractivity contribution in [2.75, 3.05) is 20.3 Å². The van der Waals surface area contributed by atoms with Crippen LogP contribution in [0, 0.1) is 5.82 Å². The number of amides is 1. The van der Waals surface area contributed by atoms with Crippen LogP contribution < -0.4 is 5.32 Å². The van der Waals surface area contributed by atoms with Gasteiger partial charge in [0.05, 0.1) is 23.8 Å². The number of carbonyl (C=O) groups is 1. The van der Waals surface area contributed by atoms with Crippen LogP contribution in [0.15, 0.2) is 18.2 Å². The Kier molecular flexibility index (Phi) is 5.46. The number of aliphatic hydroxyl groups excluding tert-OH is 1. The molecule has 0 aliphatic rings. The van der Waals surface area contributed by atoms with E-state index in [1.54, 1.807) is 0 Å². The fourth-order valence-corrected chi connectivity index (χ4v) is 1.43. The first-order chi connectivity index (χ1) is 9.25. The molecule has 1 atom stereocenters. The molecule has 0 aliphatic heterocycles. The van der Waals surface area contributed by atoms with Gasteiger partial charge in [-0.1, -0.05) is 0 Å². The van der Waals surface area contributed by atoms with Crippen molar-refractivity contribution < 1.29 is 32.2 Å². The van der Waals surface area contributed by atoms with Crippen LogP contribution in [0.1, 0.15) is 15.9 Å². The highest BCUT2D eigenvalue weighted by molar-refractivity contribution is 5.94. The third-order valence-corrected chi connectivity index (χ3v) is 2.40. The van der Waals surface area contributed by atoms with Crippen molar-refractivity contribution in [2.45, 2.75) is 12.3 Å². The van der Waals surface area contributed by atoms with Crippen molar-refractivity contribution in [3.8, 4) is 0 Å². The molecule has 0 saturated heterocycles. The topological polar surface area (TPSA) is 58.6 Å². The second-order valence-corrected chi connectivity index (χ2v) is 4.01. The van der Waals surface area contributed by atoms with Crippen LogP contribution in [-0.2, 0) is 10.9 Å². The molecule has 0 radical (unpaired) electrons. The van der Waals surface area contributed by atoms with Gasteiger partial charge in [-0.15, -0.1) is 0 Å². The number of hydrogen-bond acceptors (Lipinski definition) is 3. The van der Waals surface area contributed by atoms with E-state index in [4.69, 9.17) is 0 Å². The van der Waals surface area contributed by atoms with E-state index in [0.29, 0.717) is 18.2 Å². The zero-order valence-corrected chi connectivity index (χ0v) is 10.5. The molecule has 20 heavy (non-hydrogen) atoms. The number of rotatable bonds is 5. The fraction of sp³-hybridized carbons (Fsp3) is 0.417. The van der Waals surface area contributed by atoms with Gasteiger partial charge in [0.1, 0.15) is 5.82 Å². The van der Waals surface area contributed by atoms with E-state index in [2.05, 4.69) is 10.1 Å². The Bertz CT molecular complexity index is 476. The minimum atomic E-state index is -4.67.